The summed E-state index contributed by atoms with van der Waals surface area (Å²) < 4.78 is 77.6. The first-order valence-electron chi connectivity index (χ1n) is 11.4. The number of benzene rings is 2. The molecule has 3 rings (SSSR count). The summed E-state index contributed by atoms with van der Waals surface area (Å²) in [7, 11) is -6.07. The van der Waals surface area contributed by atoms with Gasteiger partial charge in [0.2, 0.25) is 0 Å². The van der Waals surface area contributed by atoms with Crippen molar-refractivity contribution in [1.82, 2.24) is 9.97 Å². The molecule has 1 N–H and O–H groups in total. The van der Waals surface area contributed by atoms with Crippen LogP contribution in [0.15, 0.2) is 42.6 Å². The van der Waals surface area contributed by atoms with E-state index in [2.05, 4.69) is 19.5 Å². The molecule has 1 aromatic heterocycles. The van der Waals surface area contributed by atoms with Crippen molar-refractivity contribution in [2.75, 3.05) is 5.32 Å². The molecule has 3 aromatic rings. The fraction of sp³-hybridized carbons (Fsp3) is 0.360. The minimum atomic E-state index is -6.07. The zero-order chi connectivity index (χ0) is 29.4. The maximum absolute atomic E-state index is 13.1. The fourth-order valence-corrected chi connectivity index (χ4v) is 3.62. The third kappa shape index (κ3) is 7.56. The highest BCUT2D eigenvalue weighted by molar-refractivity contribution is 7.88. The lowest BCUT2D eigenvalue weighted by Crippen LogP contribution is -2.29. The van der Waals surface area contributed by atoms with Crippen LogP contribution in [-0.4, -0.2) is 47.2 Å². The third-order valence-electron chi connectivity index (χ3n) is 4.61. The van der Waals surface area contributed by atoms with Crippen molar-refractivity contribution >= 4 is 38.6 Å². The van der Waals surface area contributed by atoms with Crippen LogP contribution in [-0.2, 0) is 19.6 Å². The number of carbonyl (C=O) groups is 2. The second-order valence-electron chi connectivity index (χ2n) is 10.3. The predicted octanol–water partition coefficient (Wildman–Crippen LogP) is 5.83. The van der Waals surface area contributed by atoms with Gasteiger partial charge in [0.15, 0.2) is 17.3 Å². The normalized spacial score (nSPS) is 12.6. The molecule has 0 aliphatic carbocycles. The van der Waals surface area contributed by atoms with Crippen LogP contribution < -0.4 is 9.50 Å². The van der Waals surface area contributed by atoms with E-state index in [0.29, 0.717) is 5.39 Å². The summed E-state index contributed by atoms with van der Waals surface area (Å²) in [5, 5.41) is 2.76. The summed E-state index contributed by atoms with van der Waals surface area (Å²) in [6.07, 6.45) is 0.249. The molecule has 0 aliphatic heterocycles. The topological polar surface area (TPSA) is 134 Å². The van der Waals surface area contributed by atoms with Crippen molar-refractivity contribution in [2.24, 2.45) is 0 Å². The number of amides is 1. The Labute approximate surface area is 222 Å². The zero-order valence-corrected chi connectivity index (χ0v) is 22.7. The van der Waals surface area contributed by atoms with Gasteiger partial charge >= 0.3 is 27.7 Å². The quantitative estimate of drug-likeness (QED) is 0.229. The Balaban J connectivity index is 2.16. The van der Waals surface area contributed by atoms with E-state index in [-0.39, 0.29) is 22.5 Å². The molecule has 210 valence electrons. The second kappa shape index (κ2) is 10.3. The first-order chi connectivity index (χ1) is 17.8. The average Bonchev–Trinajstić information content (AvgIpc) is 2.77. The Hall–Kier alpha value is -3.94. The van der Waals surface area contributed by atoms with E-state index in [1.807, 2.05) is 0 Å². The molecule has 14 heteroatoms. The standard InChI is InChI=1S/C25H26F3N3O7S/c1-23(2,3)36-21(32)17-11-12-29-20(30-17)15-8-7-14-9-10-18(38-39(34,35)25(26,27)28)19(16(14)13-15)31-22(33)37-24(4,5)6/h7-13H,1-6H3,(H,31,33). The summed E-state index contributed by atoms with van der Waals surface area (Å²) in [6, 6.07) is 8.12. The molecule has 0 aliphatic rings. The Morgan fingerprint density at radius 2 is 1.51 bits per heavy atom. The number of nitrogens with zero attached hydrogens (tertiary/aromatic N) is 2. The minimum absolute atomic E-state index is 0.0459. The highest BCUT2D eigenvalue weighted by Gasteiger charge is 2.49. The molecule has 10 nitrogen and oxygen atoms in total. The van der Waals surface area contributed by atoms with Crippen LogP contribution >= 0.6 is 0 Å². The average molecular weight is 570 g/mol. The van der Waals surface area contributed by atoms with Crippen molar-refractivity contribution in [3.05, 3.63) is 48.3 Å². The lowest BCUT2D eigenvalue weighted by Gasteiger charge is -2.21. The van der Waals surface area contributed by atoms with Gasteiger partial charge in [-0.15, -0.1) is 0 Å². The van der Waals surface area contributed by atoms with E-state index in [1.54, 1.807) is 47.6 Å². The highest BCUT2D eigenvalue weighted by atomic mass is 32.2. The molecular formula is C25H26F3N3O7S. The third-order valence-corrected chi connectivity index (χ3v) is 5.58. The maximum atomic E-state index is 13.1. The molecule has 0 bridgehead atoms. The van der Waals surface area contributed by atoms with Crippen molar-refractivity contribution in [3.63, 3.8) is 0 Å². The number of anilines is 1. The molecule has 0 saturated carbocycles. The van der Waals surface area contributed by atoms with Crippen LogP contribution in [0.5, 0.6) is 5.75 Å². The Bertz CT molecular complexity index is 1530. The van der Waals surface area contributed by atoms with Crippen LogP contribution in [0.25, 0.3) is 22.2 Å². The monoisotopic (exact) mass is 569 g/mol. The van der Waals surface area contributed by atoms with Gasteiger partial charge in [-0.2, -0.15) is 21.6 Å². The number of carbonyl (C=O) groups excluding carboxylic acids is 2. The number of hydrogen-bond donors (Lipinski definition) is 1. The van der Waals surface area contributed by atoms with E-state index < -0.39 is 50.3 Å². The van der Waals surface area contributed by atoms with Crippen LogP contribution in [0.3, 0.4) is 0 Å². The second-order valence-corrected chi connectivity index (χ2v) is 11.8. The van der Waals surface area contributed by atoms with E-state index in [4.69, 9.17) is 9.47 Å². The highest BCUT2D eigenvalue weighted by Crippen LogP contribution is 2.38. The number of ether oxygens (including phenoxy) is 2. The van der Waals surface area contributed by atoms with Gasteiger partial charge < -0.3 is 13.7 Å². The zero-order valence-electron chi connectivity index (χ0n) is 21.8. The minimum Gasteiger partial charge on any atom is -0.455 e. The Morgan fingerprint density at radius 1 is 0.897 bits per heavy atom. The number of hydrogen-bond acceptors (Lipinski definition) is 9. The first-order valence-corrected chi connectivity index (χ1v) is 12.8. The van der Waals surface area contributed by atoms with E-state index in [9.17, 15) is 31.2 Å². The molecule has 0 atom stereocenters. The smallest absolute Gasteiger partial charge is 0.455 e. The summed E-state index contributed by atoms with van der Waals surface area (Å²) in [4.78, 5) is 33.4. The van der Waals surface area contributed by atoms with Gasteiger partial charge in [-0.3, -0.25) is 5.32 Å². The van der Waals surface area contributed by atoms with E-state index in [0.717, 1.165) is 6.07 Å². The van der Waals surface area contributed by atoms with Crippen molar-refractivity contribution in [1.29, 1.82) is 0 Å². The molecule has 0 unspecified atom stereocenters. The van der Waals surface area contributed by atoms with Crippen molar-refractivity contribution < 1.29 is 44.8 Å². The summed E-state index contributed by atoms with van der Waals surface area (Å²) in [5.74, 6) is -1.45. The number of halogens is 3. The molecule has 0 spiro atoms. The van der Waals surface area contributed by atoms with Crippen LogP contribution in [0.4, 0.5) is 23.7 Å². The van der Waals surface area contributed by atoms with Gasteiger partial charge in [-0.1, -0.05) is 18.2 Å². The van der Waals surface area contributed by atoms with Gasteiger partial charge in [-0.05, 0) is 65.1 Å². The largest absolute Gasteiger partial charge is 0.534 e. The van der Waals surface area contributed by atoms with Crippen LogP contribution in [0, 0.1) is 0 Å². The lowest BCUT2D eigenvalue weighted by molar-refractivity contribution is -0.0499. The molecular weight excluding hydrogens is 543 g/mol. The SMILES string of the molecule is CC(C)(C)OC(=O)Nc1c(OS(=O)(=O)C(F)(F)F)ccc2ccc(-c3nccc(C(=O)OC(C)(C)C)n3)cc12. The molecule has 1 heterocycles. The number of aromatic nitrogens is 2. The van der Waals surface area contributed by atoms with Gasteiger partial charge in [0.25, 0.3) is 0 Å². The molecule has 2 aromatic carbocycles. The Morgan fingerprint density at radius 3 is 2.10 bits per heavy atom. The number of rotatable bonds is 5. The maximum Gasteiger partial charge on any atom is 0.534 e. The van der Waals surface area contributed by atoms with Gasteiger partial charge in [0.05, 0.1) is 5.69 Å². The molecule has 0 fully saturated rings. The molecule has 0 radical (unpaired) electrons. The number of nitrogens with one attached hydrogen (secondary N) is 1. The number of fused-ring (bicyclic) bond motifs is 1. The van der Waals surface area contributed by atoms with Crippen LogP contribution in [0.1, 0.15) is 52.0 Å². The number of alkyl halides is 3. The van der Waals surface area contributed by atoms with Gasteiger partial charge in [0, 0.05) is 17.1 Å². The van der Waals surface area contributed by atoms with Crippen LogP contribution in [0.2, 0.25) is 0 Å². The number of esters is 1. The van der Waals surface area contributed by atoms with Crippen molar-refractivity contribution in [3.8, 4) is 17.1 Å². The lowest BCUT2D eigenvalue weighted by atomic mass is 10.0. The summed E-state index contributed by atoms with van der Waals surface area (Å²) >= 11 is 0. The first kappa shape index (κ1) is 29.6. The molecule has 39 heavy (non-hydrogen) atoms. The van der Waals surface area contributed by atoms with Gasteiger partial charge in [-0.25, -0.2) is 19.6 Å². The summed E-state index contributed by atoms with van der Waals surface area (Å²) in [5.41, 5.74) is -7.63. The molecule has 1 amide bonds. The Kier molecular flexibility index (Phi) is 7.84. The van der Waals surface area contributed by atoms with E-state index in [1.165, 1.54) is 30.5 Å². The van der Waals surface area contributed by atoms with Gasteiger partial charge in [0.1, 0.15) is 11.2 Å². The fourth-order valence-electron chi connectivity index (χ4n) is 3.15. The van der Waals surface area contributed by atoms with E-state index >= 15 is 0 Å². The van der Waals surface area contributed by atoms with Crippen molar-refractivity contribution in [2.45, 2.75) is 58.3 Å². The summed E-state index contributed by atoms with van der Waals surface area (Å²) in [6.45, 7) is 9.76. The predicted molar refractivity (Wildman–Crippen MR) is 136 cm³/mol. The molecule has 0 saturated heterocycles.